The molecule has 0 spiro atoms. The third-order valence-corrected chi connectivity index (χ3v) is 2.88. The molecule has 84 valence electrons. The fraction of sp³-hybridized carbons (Fsp3) is 0.364. The largest absolute Gasteiger partial charge is 0.488 e. The second kappa shape index (κ2) is 3.92. The van der Waals surface area contributed by atoms with Crippen LogP contribution in [0.15, 0.2) is 18.2 Å². The number of amides is 1. The molecule has 2 N–H and O–H groups in total. The van der Waals surface area contributed by atoms with E-state index in [1.54, 1.807) is 23.1 Å². The van der Waals surface area contributed by atoms with E-state index in [9.17, 15) is 4.79 Å². The smallest absolute Gasteiger partial charge is 0.423 e. The van der Waals surface area contributed by atoms with Crippen molar-refractivity contribution in [1.82, 2.24) is 4.90 Å². The van der Waals surface area contributed by atoms with Gasteiger partial charge in [0.15, 0.2) is 0 Å². The molecular formula is C11H14BNO3. The van der Waals surface area contributed by atoms with Crippen LogP contribution in [0.2, 0.25) is 0 Å². The summed E-state index contributed by atoms with van der Waals surface area (Å²) in [5.74, 6) is 0.0176. The third kappa shape index (κ3) is 1.72. The maximum atomic E-state index is 11.9. The first-order valence-electron chi connectivity index (χ1n) is 5.30. The summed E-state index contributed by atoms with van der Waals surface area (Å²) in [4.78, 5) is 13.7. The van der Waals surface area contributed by atoms with Crippen LogP contribution < -0.4 is 5.46 Å². The summed E-state index contributed by atoms with van der Waals surface area (Å²) >= 11 is 0. The highest BCUT2D eigenvalue weighted by molar-refractivity contribution is 6.58. The molecule has 0 radical (unpaired) electrons. The van der Waals surface area contributed by atoms with E-state index >= 15 is 0 Å². The van der Waals surface area contributed by atoms with E-state index < -0.39 is 7.12 Å². The van der Waals surface area contributed by atoms with Crippen LogP contribution >= 0.6 is 0 Å². The van der Waals surface area contributed by atoms with E-state index in [1.807, 2.05) is 13.8 Å². The Balaban J connectivity index is 2.37. The Morgan fingerprint density at radius 2 is 2.06 bits per heavy atom. The lowest BCUT2D eigenvalue weighted by molar-refractivity contribution is 0.0730. The van der Waals surface area contributed by atoms with Crippen molar-refractivity contribution in [2.24, 2.45) is 0 Å². The maximum Gasteiger partial charge on any atom is 0.488 e. The first-order chi connectivity index (χ1) is 7.50. The van der Waals surface area contributed by atoms with Gasteiger partial charge in [0.2, 0.25) is 0 Å². The van der Waals surface area contributed by atoms with Gasteiger partial charge in [-0.05, 0) is 30.9 Å². The van der Waals surface area contributed by atoms with Crippen LogP contribution in [-0.4, -0.2) is 34.0 Å². The zero-order chi connectivity index (χ0) is 11.9. The predicted octanol–water partition coefficient (Wildman–Crippen LogP) is -0.269. The average molecular weight is 219 g/mol. The number of benzene rings is 1. The number of nitrogens with zero attached hydrogens (tertiary/aromatic N) is 1. The molecule has 1 amide bonds. The molecule has 1 aromatic carbocycles. The monoisotopic (exact) mass is 219 g/mol. The molecule has 0 atom stereocenters. The molecule has 16 heavy (non-hydrogen) atoms. The number of hydrogen-bond acceptors (Lipinski definition) is 3. The minimum absolute atomic E-state index is 0.0176. The summed E-state index contributed by atoms with van der Waals surface area (Å²) in [6.07, 6.45) is 0. The number of fused-ring (bicyclic) bond motifs is 1. The molecule has 5 heteroatoms. The van der Waals surface area contributed by atoms with Crippen molar-refractivity contribution in [3.05, 3.63) is 29.3 Å². The van der Waals surface area contributed by atoms with Gasteiger partial charge in [-0.1, -0.05) is 12.1 Å². The molecule has 1 aliphatic rings. The lowest BCUT2D eigenvalue weighted by Crippen LogP contribution is -2.30. The van der Waals surface area contributed by atoms with E-state index in [1.165, 1.54) is 0 Å². The van der Waals surface area contributed by atoms with Crippen LogP contribution in [0.3, 0.4) is 0 Å². The Morgan fingerprint density at radius 1 is 1.38 bits per heavy atom. The Morgan fingerprint density at radius 3 is 2.62 bits per heavy atom. The maximum absolute atomic E-state index is 11.9. The van der Waals surface area contributed by atoms with E-state index in [0.29, 0.717) is 17.6 Å². The van der Waals surface area contributed by atoms with Crippen molar-refractivity contribution in [3.8, 4) is 0 Å². The molecule has 0 aromatic heterocycles. The van der Waals surface area contributed by atoms with Gasteiger partial charge < -0.3 is 14.9 Å². The SMILES string of the molecule is CC(C)N1Cc2cc(B(O)O)ccc2C1=O. The molecule has 2 rings (SSSR count). The summed E-state index contributed by atoms with van der Waals surface area (Å²) < 4.78 is 0. The van der Waals surface area contributed by atoms with E-state index in [-0.39, 0.29) is 11.9 Å². The van der Waals surface area contributed by atoms with Crippen LogP contribution in [-0.2, 0) is 6.54 Å². The zero-order valence-electron chi connectivity index (χ0n) is 9.34. The van der Waals surface area contributed by atoms with Gasteiger partial charge in [0, 0.05) is 18.2 Å². The topological polar surface area (TPSA) is 60.8 Å². The predicted molar refractivity (Wildman–Crippen MR) is 61.3 cm³/mol. The van der Waals surface area contributed by atoms with Gasteiger partial charge in [-0.25, -0.2) is 0 Å². The normalized spacial score (nSPS) is 14.6. The van der Waals surface area contributed by atoms with Crippen molar-refractivity contribution in [2.75, 3.05) is 0 Å². The molecule has 0 bridgehead atoms. The standard InChI is InChI=1S/C11H14BNO3/c1-7(2)13-6-8-5-9(12(15)16)3-4-10(8)11(13)14/h3-5,7,15-16H,6H2,1-2H3. The van der Waals surface area contributed by atoms with Gasteiger partial charge in [-0.3, -0.25) is 4.79 Å². The number of hydrogen-bond donors (Lipinski definition) is 2. The van der Waals surface area contributed by atoms with Gasteiger partial charge >= 0.3 is 7.12 Å². The van der Waals surface area contributed by atoms with E-state index in [2.05, 4.69) is 0 Å². The van der Waals surface area contributed by atoms with E-state index in [0.717, 1.165) is 5.56 Å². The van der Waals surface area contributed by atoms with Gasteiger partial charge in [-0.15, -0.1) is 0 Å². The first kappa shape index (κ1) is 11.2. The molecule has 0 saturated heterocycles. The molecule has 4 nitrogen and oxygen atoms in total. The zero-order valence-corrected chi connectivity index (χ0v) is 9.34. The lowest BCUT2D eigenvalue weighted by atomic mass is 9.79. The quantitative estimate of drug-likeness (QED) is 0.673. The van der Waals surface area contributed by atoms with Crippen molar-refractivity contribution < 1.29 is 14.8 Å². The second-order valence-corrected chi connectivity index (χ2v) is 4.32. The van der Waals surface area contributed by atoms with Crippen LogP contribution in [0, 0.1) is 0 Å². The highest BCUT2D eigenvalue weighted by atomic mass is 16.4. The highest BCUT2D eigenvalue weighted by Gasteiger charge is 2.29. The van der Waals surface area contributed by atoms with Gasteiger partial charge in [0.25, 0.3) is 5.91 Å². The van der Waals surface area contributed by atoms with Gasteiger partial charge in [0.1, 0.15) is 0 Å². The lowest BCUT2D eigenvalue weighted by Gasteiger charge is -2.19. The highest BCUT2D eigenvalue weighted by Crippen LogP contribution is 2.23. The molecule has 1 heterocycles. The number of carbonyl (C=O) groups is 1. The summed E-state index contributed by atoms with van der Waals surface area (Å²) in [5.41, 5.74) is 1.96. The Labute approximate surface area is 94.7 Å². The van der Waals surface area contributed by atoms with Crippen molar-refractivity contribution >= 4 is 18.5 Å². The summed E-state index contributed by atoms with van der Waals surface area (Å²) in [5, 5.41) is 18.1. The molecule has 1 aromatic rings. The summed E-state index contributed by atoms with van der Waals surface area (Å²) in [6.45, 7) is 4.48. The van der Waals surface area contributed by atoms with Crippen LogP contribution in [0.5, 0.6) is 0 Å². The fourth-order valence-corrected chi connectivity index (χ4v) is 1.94. The van der Waals surface area contributed by atoms with Gasteiger partial charge in [0.05, 0.1) is 0 Å². The molecule has 0 saturated carbocycles. The Bertz CT molecular complexity index is 431. The Hall–Kier alpha value is -1.33. The molecule has 1 aliphatic heterocycles. The average Bonchev–Trinajstić information content (AvgIpc) is 2.55. The number of carbonyl (C=O) groups excluding carboxylic acids is 1. The minimum atomic E-state index is -1.48. The fourth-order valence-electron chi connectivity index (χ4n) is 1.94. The van der Waals surface area contributed by atoms with Crippen LogP contribution in [0.1, 0.15) is 29.8 Å². The molecular weight excluding hydrogens is 205 g/mol. The molecule has 0 aliphatic carbocycles. The summed E-state index contributed by atoms with van der Waals surface area (Å²) in [6, 6.07) is 5.07. The van der Waals surface area contributed by atoms with Crippen molar-refractivity contribution in [1.29, 1.82) is 0 Å². The first-order valence-corrected chi connectivity index (χ1v) is 5.30. The van der Waals surface area contributed by atoms with Crippen LogP contribution in [0.25, 0.3) is 0 Å². The van der Waals surface area contributed by atoms with E-state index in [4.69, 9.17) is 10.0 Å². The van der Waals surface area contributed by atoms with Crippen LogP contribution in [0.4, 0.5) is 0 Å². The van der Waals surface area contributed by atoms with Gasteiger partial charge in [-0.2, -0.15) is 0 Å². The Kier molecular flexibility index (Phi) is 2.74. The second-order valence-electron chi connectivity index (χ2n) is 4.32. The molecule has 0 unspecified atom stereocenters. The third-order valence-electron chi connectivity index (χ3n) is 2.88. The summed E-state index contributed by atoms with van der Waals surface area (Å²) in [7, 11) is -1.48. The van der Waals surface area contributed by atoms with Crippen molar-refractivity contribution in [2.45, 2.75) is 26.4 Å². The van der Waals surface area contributed by atoms with Crippen molar-refractivity contribution in [3.63, 3.8) is 0 Å². The molecule has 0 fully saturated rings. The number of rotatable bonds is 2. The minimum Gasteiger partial charge on any atom is -0.423 e.